The van der Waals surface area contributed by atoms with Crippen LogP contribution in [0, 0.1) is 0 Å². The smallest absolute Gasteiger partial charge is 0.406 e. The molecule has 0 amide bonds. The molecule has 1 aliphatic heterocycles. The molecule has 3 aromatic carbocycles. The summed E-state index contributed by atoms with van der Waals surface area (Å²) < 4.78 is 42.5. The first-order valence-electron chi connectivity index (χ1n) is 13.1. The largest absolute Gasteiger partial charge is 0.573 e. The number of benzene rings is 3. The summed E-state index contributed by atoms with van der Waals surface area (Å²) in [5, 5.41) is 10.3. The summed E-state index contributed by atoms with van der Waals surface area (Å²) in [7, 11) is 0. The molecule has 1 aromatic heterocycles. The van der Waals surface area contributed by atoms with Crippen molar-refractivity contribution in [2.75, 3.05) is 17.2 Å². The van der Waals surface area contributed by atoms with E-state index in [-0.39, 0.29) is 10.9 Å². The van der Waals surface area contributed by atoms with Crippen LogP contribution in [0.4, 0.5) is 18.9 Å². The summed E-state index contributed by atoms with van der Waals surface area (Å²) in [6, 6.07) is 18.6. The van der Waals surface area contributed by atoms with Crippen molar-refractivity contribution >= 4 is 57.8 Å². The number of rotatable bonds is 7. The Hall–Kier alpha value is -3.94. The van der Waals surface area contributed by atoms with Crippen LogP contribution in [-0.4, -0.2) is 49.9 Å². The molecule has 0 radical (unpaired) electrons. The number of halogens is 4. The fraction of sp³-hybridized carbons (Fsp3) is 0.207. The lowest BCUT2D eigenvalue weighted by atomic mass is 10.0. The minimum absolute atomic E-state index is 0.239. The van der Waals surface area contributed by atoms with Gasteiger partial charge >= 0.3 is 6.36 Å². The molecule has 43 heavy (non-hydrogen) atoms. The Labute approximate surface area is 260 Å². The molecule has 8 nitrogen and oxygen atoms in total. The first-order valence-corrected chi connectivity index (χ1v) is 14.8. The van der Waals surface area contributed by atoms with Crippen molar-refractivity contribution in [1.29, 1.82) is 0 Å². The van der Waals surface area contributed by atoms with E-state index in [9.17, 15) is 13.2 Å². The molecule has 0 atom stereocenters. The Morgan fingerprint density at radius 1 is 1.12 bits per heavy atom. The summed E-state index contributed by atoms with van der Waals surface area (Å²) in [6.07, 6.45) is -1.64. The number of nitrogens with zero attached hydrogens (tertiary/aromatic N) is 6. The summed E-state index contributed by atoms with van der Waals surface area (Å²) in [6.45, 7) is 5.09. The van der Waals surface area contributed by atoms with Gasteiger partial charge in [-0.2, -0.15) is 10.1 Å². The summed E-state index contributed by atoms with van der Waals surface area (Å²) >= 11 is 13.3. The van der Waals surface area contributed by atoms with E-state index in [1.165, 1.54) is 40.8 Å². The highest BCUT2D eigenvalue weighted by atomic mass is 35.5. The van der Waals surface area contributed by atoms with Crippen molar-refractivity contribution in [3.8, 4) is 22.8 Å². The van der Waals surface area contributed by atoms with Gasteiger partial charge < -0.3 is 9.64 Å². The van der Waals surface area contributed by atoms with Crippen LogP contribution >= 0.6 is 35.6 Å². The highest BCUT2D eigenvalue weighted by Gasteiger charge is 2.31. The molecule has 1 N–H and O–H groups in total. The summed E-state index contributed by atoms with van der Waals surface area (Å²) in [5.74, 6) is 1.35. The SMILES string of the molecule is CC(C)c1ccc(Cl)cc1N1CCS/C1=N\C(=S)N/N=C/c1ccc(-c2ncn(-c3ccc(OC(F)(F)F)cc3)n2)cc1. The lowest BCUT2D eigenvalue weighted by molar-refractivity contribution is -0.274. The zero-order valence-corrected chi connectivity index (χ0v) is 25.3. The van der Waals surface area contributed by atoms with Gasteiger partial charge in [0, 0.05) is 28.6 Å². The maximum atomic E-state index is 12.4. The predicted octanol–water partition coefficient (Wildman–Crippen LogP) is 7.43. The number of hydrazone groups is 1. The molecule has 222 valence electrons. The minimum atomic E-state index is -4.75. The summed E-state index contributed by atoms with van der Waals surface area (Å²) in [4.78, 5) is 11.0. The summed E-state index contributed by atoms with van der Waals surface area (Å²) in [5.41, 5.74) is 7.13. The van der Waals surface area contributed by atoms with E-state index in [0.29, 0.717) is 22.5 Å². The number of ether oxygens (including phenoxy) is 1. The number of hydrogen-bond donors (Lipinski definition) is 1. The zero-order chi connectivity index (χ0) is 30.6. The zero-order valence-electron chi connectivity index (χ0n) is 22.9. The van der Waals surface area contributed by atoms with Crippen molar-refractivity contribution in [3.63, 3.8) is 0 Å². The number of hydrogen-bond acceptors (Lipinski definition) is 6. The first kappa shape index (κ1) is 30.5. The van der Waals surface area contributed by atoms with Gasteiger partial charge in [0.15, 0.2) is 11.0 Å². The number of anilines is 1. The second-order valence-corrected chi connectivity index (χ2v) is 11.5. The van der Waals surface area contributed by atoms with Crippen molar-refractivity contribution in [2.45, 2.75) is 26.1 Å². The fourth-order valence-electron chi connectivity index (χ4n) is 4.27. The lowest BCUT2D eigenvalue weighted by Crippen LogP contribution is -2.27. The third-order valence-corrected chi connectivity index (χ3v) is 7.62. The van der Waals surface area contributed by atoms with Gasteiger partial charge in [-0.3, -0.25) is 5.43 Å². The second-order valence-electron chi connectivity index (χ2n) is 9.60. The molecule has 5 rings (SSSR count). The monoisotopic (exact) mass is 643 g/mol. The second kappa shape index (κ2) is 13.1. The van der Waals surface area contributed by atoms with Crippen molar-refractivity contribution in [3.05, 3.63) is 89.2 Å². The van der Waals surface area contributed by atoms with E-state index < -0.39 is 6.36 Å². The van der Waals surface area contributed by atoms with Crippen LogP contribution in [0.15, 0.2) is 83.2 Å². The molecule has 1 aliphatic rings. The maximum Gasteiger partial charge on any atom is 0.573 e. The van der Waals surface area contributed by atoms with E-state index >= 15 is 0 Å². The van der Waals surface area contributed by atoms with Gasteiger partial charge in [-0.15, -0.1) is 18.3 Å². The van der Waals surface area contributed by atoms with E-state index in [1.54, 1.807) is 18.0 Å². The van der Waals surface area contributed by atoms with Crippen LogP contribution in [0.3, 0.4) is 0 Å². The minimum Gasteiger partial charge on any atom is -0.406 e. The first-order chi connectivity index (χ1) is 20.6. The molecule has 0 unspecified atom stereocenters. The Kier molecular flexibility index (Phi) is 9.33. The van der Waals surface area contributed by atoms with Crippen LogP contribution in [0.2, 0.25) is 5.02 Å². The van der Waals surface area contributed by atoms with Gasteiger partial charge in [0.25, 0.3) is 0 Å². The highest BCUT2D eigenvalue weighted by molar-refractivity contribution is 8.14. The topological polar surface area (TPSA) is 79.9 Å². The molecule has 0 spiro atoms. The fourth-order valence-corrected chi connectivity index (χ4v) is 5.59. The molecule has 0 bridgehead atoms. The third kappa shape index (κ3) is 7.92. The molecular weight excluding hydrogens is 619 g/mol. The van der Waals surface area contributed by atoms with Crippen LogP contribution in [0.25, 0.3) is 17.1 Å². The molecule has 1 saturated heterocycles. The molecule has 4 aromatic rings. The Morgan fingerprint density at radius 2 is 1.86 bits per heavy atom. The molecule has 0 saturated carbocycles. The number of aromatic nitrogens is 3. The van der Waals surface area contributed by atoms with Crippen molar-refractivity contribution in [1.82, 2.24) is 20.2 Å². The Bertz CT molecular complexity index is 1660. The van der Waals surface area contributed by atoms with Gasteiger partial charge in [0.1, 0.15) is 12.1 Å². The van der Waals surface area contributed by atoms with Crippen molar-refractivity contribution < 1.29 is 17.9 Å². The van der Waals surface area contributed by atoms with Crippen LogP contribution in [0.1, 0.15) is 30.9 Å². The van der Waals surface area contributed by atoms with Gasteiger partial charge in [-0.05, 0) is 65.7 Å². The van der Waals surface area contributed by atoms with E-state index in [0.717, 1.165) is 34.3 Å². The maximum absolute atomic E-state index is 12.4. The number of amidine groups is 1. The Balaban J connectivity index is 1.20. The Morgan fingerprint density at radius 3 is 2.56 bits per heavy atom. The van der Waals surface area contributed by atoms with E-state index in [2.05, 4.69) is 55.2 Å². The van der Waals surface area contributed by atoms with Crippen LogP contribution in [-0.2, 0) is 0 Å². The van der Waals surface area contributed by atoms with E-state index in [4.69, 9.17) is 23.8 Å². The van der Waals surface area contributed by atoms with Gasteiger partial charge in [0.2, 0.25) is 5.11 Å². The van der Waals surface area contributed by atoms with Gasteiger partial charge in [0.05, 0.1) is 11.9 Å². The normalized spacial score (nSPS) is 14.7. The third-order valence-electron chi connectivity index (χ3n) is 6.25. The molecule has 2 heterocycles. The number of alkyl halides is 3. The molecular formula is C29H25ClF3N7OS2. The molecule has 1 fully saturated rings. The predicted molar refractivity (Wildman–Crippen MR) is 170 cm³/mol. The average molecular weight is 644 g/mol. The quantitative estimate of drug-likeness (QED) is 0.127. The molecule has 14 heteroatoms. The number of aliphatic imine (C=N–C) groups is 1. The van der Waals surface area contributed by atoms with Gasteiger partial charge in [-0.25, -0.2) is 9.67 Å². The lowest BCUT2D eigenvalue weighted by Gasteiger charge is -2.23. The van der Waals surface area contributed by atoms with Crippen molar-refractivity contribution in [2.24, 2.45) is 10.1 Å². The standard InChI is InChI=1S/C29H25ClF3N7OS2/c1-18(2)24-12-7-21(30)15-25(24)39-13-14-43-28(39)36-27(42)37-35-16-19-3-5-20(6-4-19)26-34-17-40(38-26)22-8-10-23(11-9-22)41-29(31,32)33/h3-12,15-18H,13-14H2,1-2H3,(H,37,42)/b35-16+,36-28-. The number of nitrogens with one attached hydrogen (secondary N) is 1. The van der Waals surface area contributed by atoms with Crippen LogP contribution in [0.5, 0.6) is 5.75 Å². The number of thioether (sulfide) groups is 1. The van der Waals surface area contributed by atoms with Gasteiger partial charge in [-0.1, -0.05) is 67.5 Å². The van der Waals surface area contributed by atoms with E-state index in [1.807, 2.05) is 36.4 Å². The highest BCUT2D eigenvalue weighted by Crippen LogP contribution is 2.34. The number of thiocarbonyl (C=S) groups is 1. The molecule has 0 aliphatic carbocycles. The average Bonchev–Trinajstić information content (AvgIpc) is 3.63. The van der Waals surface area contributed by atoms with Crippen LogP contribution < -0.4 is 15.1 Å².